The van der Waals surface area contributed by atoms with Gasteiger partial charge in [0.2, 0.25) is 15.9 Å². The second kappa shape index (κ2) is 5.91. The molecule has 0 radical (unpaired) electrons. The molecule has 1 aromatic rings. The van der Waals surface area contributed by atoms with Crippen LogP contribution in [0, 0.1) is 12.3 Å². The predicted octanol–water partition coefficient (Wildman–Crippen LogP) is 1.77. The van der Waals surface area contributed by atoms with Crippen molar-refractivity contribution in [1.29, 1.82) is 0 Å². The first kappa shape index (κ1) is 16.5. The molecule has 3 rings (SSSR count). The van der Waals surface area contributed by atoms with E-state index in [1.54, 1.807) is 6.92 Å². The standard InChI is InChI=1S/C17H24N2O3S/c1-3-23(21,22)19-10-8-17(13-19)7-9-18(16(17)20)12-15-6-4-5-14(2)11-15/h4-6,11H,3,7-10,12-13H2,1-2H3. The highest BCUT2D eigenvalue weighted by atomic mass is 32.2. The molecule has 2 fully saturated rings. The van der Waals surface area contributed by atoms with E-state index in [1.807, 2.05) is 30.0 Å². The molecule has 0 saturated carbocycles. The Morgan fingerprint density at radius 3 is 2.65 bits per heavy atom. The second-order valence-corrected chi connectivity index (χ2v) is 8.99. The largest absolute Gasteiger partial charge is 0.338 e. The number of hydrogen-bond donors (Lipinski definition) is 0. The van der Waals surface area contributed by atoms with Crippen molar-refractivity contribution in [1.82, 2.24) is 9.21 Å². The SMILES string of the molecule is CCS(=O)(=O)N1CCC2(CCN(Cc3cccc(C)c3)C2=O)C1. The fourth-order valence-corrected chi connectivity index (χ4v) is 4.89. The summed E-state index contributed by atoms with van der Waals surface area (Å²) in [6.45, 7) is 5.85. The zero-order valence-electron chi connectivity index (χ0n) is 13.8. The van der Waals surface area contributed by atoms with Crippen LogP contribution < -0.4 is 0 Å². The molecule has 2 aliphatic heterocycles. The predicted molar refractivity (Wildman–Crippen MR) is 89.3 cm³/mol. The molecule has 2 aliphatic rings. The minimum Gasteiger partial charge on any atom is -0.338 e. The maximum Gasteiger partial charge on any atom is 0.230 e. The van der Waals surface area contributed by atoms with Crippen molar-refractivity contribution in [3.8, 4) is 0 Å². The van der Waals surface area contributed by atoms with E-state index < -0.39 is 15.4 Å². The fraction of sp³-hybridized carbons (Fsp3) is 0.588. The first-order chi connectivity index (χ1) is 10.9. The molecule has 0 aliphatic carbocycles. The lowest BCUT2D eigenvalue weighted by molar-refractivity contribution is -0.135. The number of benzene rings is 1. The minimum absolute atomic E-state index is 0.101. The van der Waals surface area contributed by atoms with Crippen molar-refractivity contribution in [3.63, 3.8) is 0 Å². The summed E-state index contributed by atoms with van der Waals surface area (Å²) in [7, 11) is -3.20. The van der Waals surface area contributed by atoms with Gasteiger partial charge in [-0.2, -0.15) is 0 Å². The van der Waals surface area contributed by atoms with Crippen LogP contribution in [-0.4, -0.2) is 48.9 Å². The minimum atomic E-state index is -3.20. The molecule has 0 aromatic heterocycles. The highest BCUT2D eigenvalue weighted by Gasteiger charge is 2.52. The van der Waals surface area contributed by atoms with Crippen LogP contribution in [0.5, 0.6) is 0 Å². The van der Waals surface area contributed by atoms with E-state index in [0.29, 0.717) is 32.6 Å². The number of nitrogens with zero attached hydrogens (tertiary/aromatic N) is 2. The van der Waals surface area contributed by atoms with Gasteiger partial charge in [0, 0.05) is 26.2 Å². The second-order valence-electron chi connectivity index (χ2n) is 6.73. The van der Waals surface area contributed by atoms with E-state index >= 15 is 0 Å². The van der Waals surface area contributed by atoms with Gasteiger partial charge in [0.1, 0.15) is 0 Å². The Morgan fingerprint density at radius 2 is 1.96 bits per heavy atom. The van der Waals surface area contributed by atoms with E-state index in [4.69, 9.17) is 0 Å². The highest BCUT2D eigenvalue weighted by Crippen LogP contribution is 2.42. The summed E-state index contributed by atoms with van der Waals surface area (Å²) in [4.78, 5) is 14.8. The van der Waals surface area contributed by atoms with Crippen LogP contribution in [0.3, 0.4) is 0 Å². The van der Waals surface area contributed by atoms with Crippen molar-refractivity contribution in [2.45, 2.75) is 33.2 Å². The number of hydrogen-bond acceptors (Lipinski definition) is 3. The highest BCUT2D eigenvalue weighted by molar-refractivity contribution is 7.89. The van der Waals surface area contributed by atoms with Crippen LogP contribution >= 0.6 is 0 Å². The Balaban J connectivity index is 1.72. The van der Waals surface area contributed by atoms with Crippen LogP contribution in [0.1, 0.15) is 30.9 Å². The van der Waals surface area contributed by atoms with Crippen molar-refractivity contribution < 1.29 is 13.2 Å². The van der Waals surface area contributed by atoms with Crippen LogP contribution in [0.15, 0.2) is 24.3 Å². The molecule has 126 valence electrons. The van der Waals surface area contributed by atoms with Crippen molar-refractivity contribution in [3.05, 3.63) is 35.4 Å². The Hall–Kier alpha value is -1.40. The van der Waals surface area contributed by atoms with E-state index in [-0.39, 0.29) is 11.7 Å². The zero-order chi connectivity index (χ0) is 16.7. The van der Waals surface area contributed by atoms with Crippen LogP contribution in [0.4, 0.5) is 0 Å². The number of rotatable bonds is 4. The molecule has 1 amide bonds. The number of amides is 1. The van der Waals surface area contributed by atoms with Gasteiger partial charge in [-0.3, -0.25) is 4.79 Å². The van der Waals surface area contributed by atoms with Gasteiger partial charge in [-0.05, 0) is 32.3 Å². The molecule has 1 spiro atoms. The molecule has 0 bridgehead atoms. The first-order valence-electron chi connectivity index (χ1n) is 8.19. The van der Waals surface area contributed by atoms with Crippen LogP contribution in [0.25, 0.3) is 0 Å². The van der Waals surface area contributed by atoms with E-state index in [2.05, 4.69) is 6.07 Å². The zero-order valence-corrected chi connectivity index (χ0v) is 14.6. The smallest absolute Gasteiger partial charge is 0.230 e. The summed E-state index contributed by atoms with van der Waals surface area (Å²) in [6, 6.07) is 8.18. The summed E-state index contributed by atoms with van der Waals surface area (Å²) >= 11 is 0. The average Bonchev–Trinajstić information content (AvgIpc) is 3.08. The van der Waals surface area contributed by atoms with Crippen LogP contribution in [-0.2, 0) is 21.4 Å². The third-order valence-electron chi connectivity index (χ3n) is 5.13. The molecule has 1 atom stereocenters. The van der Waals surface area contributed by atoms with Gasteiger partial charge in [-0.25, -0.2) is 12.7 Å². The monoisotopic (exact) mass is 336 g/mol. The first-order valence-corrected chi connectivity index (χ1v) is 9.80. The molecule has 5 nitrogen and oxygen atoms in total. The van der Waals surface area contributed by atoms with Gasteiger partial charge in [0.15, 0.2) is 0 Å². The van der Waals surface area contributed by atoms with Crippen molar-refractivity contribution >= 4 is 15.9 Å². The molecule has 6 heteroatoms. The molecule has 1 aromatic carbocycles. The molecular formula is C17H24N2O3S. The molecule has 2 heterocycles. The number of carbonyl (C=O) groups is 1. The lowest BCUT2D eigenvalue weighted by atomic mass is 9.86. The number of carbonyl (C=O) groups excluding carboxylic acids is 1. The van der Waals surface area contributed by atoms with Gasteiger partial charge in [0.05, 0.1) is 11.2 Å². The summed E-state index contributed by atoms with van der Waals surface area (Å²) in [5.74, 6) is 0.220. The van der Waals surface area contributed by atoms with Gasteiger partial charge >= 0.3 is 0 Å². The van der Waals surface area contributed by atoms with E-state index in [0.717, 1.165) is 12.0 Å². The van der Waals surface area contributed by atoms with E-state index in [9.17, 15) is 13.2 Å². The third kappa shape index (κ3) is 3.02. The quantitative estimate of drug-likeness (QED) is 0.842. The Kier molecular flexibility index (Phi) is 4.23. The Labute approximate surface area is 138 Å². The Morgan fingerprint density at radius 1 is 1.22 bits per heavy atom. The maximum absolute atomic E-state index is 12.9. The normalized spacial score (nSPS) is 25.7. The molecule has 23 heavy (non-hydrogen) atoms. The van der Waals surface area contributed by atoms with Gasteiger partial charge in [0.25, 0.3) is 0 Å². The Bertz CT molecular complexity index is 716. The lowest BCUT2D eigenvalue weighted by Gasteiger charge is -2.23. The molecular weight excluding hydrogens is 312 g/mol. The van der Waals surface area contributed by atoms with Crippen molar-refractivity contribution in [2.24, 2.45) is 5.41 Å². The van der Waals surface area contributed by atoms with Gasteiger partial charge in [-0.1, -0.05) is 29.8 Å². The molecule has 1 unspecified atom stereocenters. The molecule has 2 saturated heterocycles. The number of sulfonamides is 1. The number of aryl methyl sites for hydroxylation is 1. The lowest BCUT2D eigenvalue weighted by Crippen LogP contribution is -2.38. The van der Waals surface area contributed by atoms with E-state index in [1.165, 1.54) is 9.87 Å². The number of likely N-dealkylation sites (tertiary alicyclic amines) is 1. The summed E-state index contributed by atoms with van der Waals surface area (Å²) in [6.07, 6.45) is 1.41. The molecule has 0 N–H and O–H groups in total. The van der Waals surface area contributed by atoms with Gasteiger partial charge < -0.3 is 4.90 Å². The average molecular weight is 336 g/mol. The summed E-state index contributed by atoms with van der Waals surface area (Å²) in [5.41, 5.74) is 1.82. The summed E-state index contributed by atoms with van der Waals surface area (Å²) < 4.78 is 25.6. The maximum atomic E-state index is 12.9. The van der Waals surface area contributed by atoms with Crippen LogP contribution in [0.2, 0.25) is 0 Å². The van der Waals surface area contributed by atoms with Gasteiger partial charge in [-0.15, -0.1) is 0 Å². The van der Waals surface area contributed by atoms with Crippen molar-refractivity contribution in [2.75, 3.05) is 25.4 Å². The topological polar surface area (TPSA) is 57.7 Å². The third-order valence-corrected chi connectivity index (χ3v) is 6.96. The summed E-state index contributed by atoms with van der Waals surface area (Å²) in [5, 5.41) is 0. The fourth-order valence-electron chi connectivity index (χ4n) is 3.71.